The molecule has 1 N–H and O–H groups in total. The van der Waals surface area contributed by atoms with Crippen LogP contribution < -0.4 is 5.32 Å². The molecule has 0 amide bonds. The van der Waals surface area contributed by atoms with Crippen molar-refractivity contribution in [2.45, 2.75) is 84.8 Å². The summed E-state index contributed by atoms with van der Waals surface area (Å²) >= 11 is 0. The summed E-state index contributed by atoms with van der Waals surface area (Å²) < 4.78 is 6.26. The molecule has 2 rings (SSSR count). The molecular weight excluding hydrogens is 272 g/mol. The van der Waals surface area contributed by atoms with Crippen molar-refractivity contribution in [2.75, 3.05) is 33.7 Å². The highest BCUT2D eigenvalue weighted by Crippen LogP contribution is 2.24. The molecule has 0 spiro atoms. The summed E-state index contributed by atoms with van der Waals surface area (Å²) in [5.74, 6) is 0.797. The first-order valence-electron chi connectivity index (χ1n) is 9.62. The Labute approximate surface area is 140 Å². The Hall–Kier alpha value is -0.120. The summed E-state index contributed by atoms with van der Waals surface area (Å²) in [6, 6.07) is 0. The van der Waals surface area contributed by atoms with Gasteiger partial charge in [0.1, 0.15) is 0 Å². The molecule has 2 aliphatic rings. The molecule has 3 nitrogen and oxygen atoms in total. The summed E-state index contributed by atoms with van der Waals surface area (Å²) in [7, 11) is 3.75. The van der Waals surface area contributed by atoms with Gasteiger partial charge in [-0.15, -0.1) is 0 Å². The topological polar surface area (TPSA) is 24.5 Å². The lowest BCUT2D eigenvalue weighted by molar-refractivity contribution is -0.0566. The van der Waals surface area contributed by atoms with E-state index in [-0.39, 0.29) is 0 Å². The molecule has 0 atom stereocenters. The Morgan fingerprint density at radius 2 is 1.36 bits per heavy atom. The van der Waals surface area contributed by atoms with Gasteiger partial charge in [0.05, 0.1) is 12.2 Å². The Balaban J connectivity index is 0.000000789. The van der Waals surface area contributed by atoms with E-state index in [9.17, 15) is 0 Å². The normalized spacial score (nSPS) is 20.9. The lowest BCUT2D eigenvalue weighted by Gasteiger charge is -2.35. The maximum atomic E-state index is 6.26. The van der Waals surface area contributed by atoms with E-state index in [2.05, 4.69) is 24.1 Å². The van der Waals surface area contributed by atoms with E-state index in [1.165, 1.54) is 64.6 Å². The summed E-state index contributed by atoms with van der Waals surface area (Å²) in [5, 5.41) is 2.75. The van der Waals surface area contributed by atoms with Crippen molar-refractivity contribution in [3.05, 3.63) is 0 Å². The number of rotatable bonds is 4. The quantitative estimate of drug-likeness (QED) is 0.836. The summed E-state index contributed by atoms with van der Waals surface area (Å²) in [4.78, 5) is 2.60. The molecule has 0 aromatic rings. The van der Waals surface area contributed by atoms with Gasteiger partial charge in [0.25, 0.3) is 0 Å². The van der Waals surface area contributed by atoms with E-state index in [1.54, 1.807) is 0 Å². The van der Waals surface area contributed by atoms with E-state index in [4.69, 9.17) is 4.74 Å². The molecule has 1 aliphatic heterocycles. The fraction of sp³-hybridized carbons (Fsp3) is 1.00. The first-order chi connectivity index (χ1) is 10.7. The van der Waals surface area contributed by atoms with E-state index in [1.807, 2.05) is 27.9 Å². The number of nitrogens with one attached hydrogen (secondary N) is 1. The van der Waals surface area contributed by atoms with Crippen molar-refractivity contribution in [3.63, 3.8) is 0 Å². The number of piperidine rings is 1. The zero-order chi connectivity index (χ0) is 16.8. The van der Waals surface area contributed by atoms with Gasteiger partial charge in [-0.25, -0.2) is 0 Å². The smallest absolute Gasteiger partial charge is 0.0603 e. The van der Waals surface area contributed by atoms with Gasteiger partial charge < -0.3 is 15.0 Å². The maximum absolute atomic E-state index is 6.26. The molecule has 0 unspecified atom stereocenters. The average molecular weight is 315 g/mol. The predicted octanol–water partition coefficient (Wildman–Crippen LogP) is 4.32. The largest absolute Gasteiger partial charge is 0.375 e. The van der Waals surface area contributed by atoms with Crippen molar-refractivity contribution in [2.24, 2.45) is 5.92 Å². The summed E-state index contributed by atoms with van der Waals surface area (Å²) in [6.45, 7) is 12.4. The molecule has 1 aliphatic carbocycles. The number of likely N-dealkylation sites (tertiary alicyclic amines) is 1. The Bertz CT molecular complexity index is 219. The second-order valence-corrected chi connectivity index (χ2v) is 6.79. The first kappa shape index (κ1) is 21.9. The number of nitrogens with zero attached hydrogens (tertiary/aromatic N) is 1. The number of hydrogen-bond donors (Lipinski definition) is 1. The minimum absolute atomic E-state index is 0.557. The van der Waals surface area contributed by atoms with Gasteiger partial charge in [0, 0.05) is 19.6 Å². The van der Waals surface area contributed by atoms with Crippen LogP contribution in [0.15, 0.2) is 0 Å². The second kappa shape index (κ2) is 14.5. The fourth-order valence-electron chi connectivity index (χ4n) is 3.22. The summed E-state index contributed by atoms with van der Waals surface area (Å²) in [5.41, 5.74) is 0. The minimum Gasteiger partial charge on any atom is -0.375 e. The fourth-order valence-corrected chi connectivity index (χ4v) is 3.22. The molecule has 2 fully saturated rings. The highest BCUT2D eigenvalue weighted by Gasteiger charge is 2.23. The van der Waals surface area contributed by atoms with Crippen molar-refractivity contribution in [1.29, 1.82) is 0 Å². The van der Waals surface area contributed by atoms with Gasteiger partial charge in [0.15, 0.2) is 0 Å². The molecule has 134 valence electrons. The molecule has 0 bridgehead atoms. The van der Waals surface area contributed by atoms with Crippen LogP contribution in [0.3, 0.4) is 0 Å². The van der Waals surface area contributed by atoms with Crippen molar-refractivity contribution < 1.29 is 4.74 Å². The van der Waals surface area contributed by atoms with Crippen LogP contribution in [-0.4, -0.2) is 50.8 Å². The summed E-state index contributed by atoms with van der Waals surface area (Å²) in [6.07, 6.45) is 10.5. The van der Waals surface area contributed by atoms with Gasteiger partial charge in [-0.05, 0) is 45.7 Å². The van der Waals surface area contributed by atoms with Crippen LogP contribution in [0.4, 0.5) is 0 Å². The average Bonchev–Trinajstić information content (AvgIpc) is 2.53. The van der Waals surface area contributed by atoms with Crippen LogP contribution in [0.25, 0.3) is 0 Å². The molecule has 0 aromatic carbocycles. The maximum Gasteiger partial charge on any atom is 0.0603 e. The van der Waals surface area contributed by atoms with Crippen LogP contribution in [0.1, 0.15) is 72.6 Å². The lowest BCUT2D eigenvalue weighted by atomic mass is 9.97. The van der Waals surface area contributed by atoms with Crippen molar-refractivity contribution in [1.82, 2.24) is 10.2 Å². The molecule has 3 heteroatoms. The Morgan fingerprint density at radius 3 is 1.82 bits per heavy atom. The van der Waals surface area contributed by atoms with Gasteiger partial charge >= 0.3 is 0 Å². The number of ether oxygens (including phenoxy) is 1. The Morgan fingerprint density at radius 1 is 0.909 bits per heavy atom. The van der Waals surface area contributed by atoms with Crippen LogP contribution in [0.5, 0.6) is 0 Å². The van der Waals surface area contributed by atoms with Crippen LogP contribution in [0, 0.1) is 5.92 Å². The van der Waals surface area contributed by atoms with Gasteiger partial charge in [-0.3, -0.25) is 0 Å². The first-order valence-corrected chi connectivity index (χ1v) is 9.62. The number of hydrogen-bond acceptors (Lipinski definition) is 3. The van der Waals surface area contributed by atoms with Crippen LogP contribution >= 0.6 is 0 Å². The third kappa shape index (κ3) is 10.6. The molecule has 0 aromatic heterocycles. The molecule has 22 heavy (non-hydrogen) atoms. The minimum atomic E-state index is 0.557. The zero-order valence-electron chi connectivity index (χ0n) is 16.2. The van der Waals surface area contributed by atoms with E-state index < -0.39 is 0 Å². The highest BCUT2D eigenvalue weighted by atomic mass is 16.5. The van der Waals surface area contributed by atoms with Gasteiger partial charge in [0.2, 0.25) is 0 Å². The highest BCUT2D eigenvalue weighted by molar-refractivity contribution is 4.75. The molecule has 0 radical (unpaired) electrons. The second-order valence-electron chi connectivity index (χ2n) is 6.79. The van der Waals surface area contributed by atoms with Gasteiger partial charge in [-0.1, -0.05) is 47.0 Å². The van der Waals surface area contributed by atoms with E-state index in [0.29, 0.717) is 12.2 Å². The van der Waals surface area contributed by atoms with E-state index in [0.717, 1.165) is 5.92 Å². The zero-order valence-corrected chi connectivity index (χ0v) is 16.2. The van der Waals surface area contributed by atoms with Gasteiger partial charge in [-0.2, -0.15) is 0 Å². The SMILES string of the molecule is CC.CC(C)CN1CCC(OC2CCCCC2)CC1.CNC. The van der Waals surface area contributed by atoms with Crippen molar-refractivity contribution >= 4 is 0 Å². The lowest BCUT2D eigenvalue weighted by Crippen LogP contribution is -2.40. The molecule has 1 saturated heterocycles. The molecule has 1 heterocycles. The van der Waals surface area contributed by atoms with E-state index >= 15 is 0 Å². The predicted molar refractivity (Wildman–Crippen MR) is 98.6 cm³/mol. The third-order valence-corrected chi connectivity index (χ3v) is 4.10. The monoisotopic (exact) mass is 314 g/mol. The van der Waals surface area contributed by atoms with Crippen molar-refractivity contribution in [3.8, 4) is 0 Å². The third-order valence-electron chi connectivity index (χ3n) is 4.10. The molecular formula is C19H42N2O. The standard InChI is InChI=1S/C15H29NO.C2H7N.C2H6/c1-13(2)12-16-10-8-15(9-11-16)17-14-6-4-3-5-7-14;1-3-2;1-2/h13-15H,3-12H2,1-2H3;3H,1-2H3;1-2H3. The molecule has 1 saturated carbocycles. The van der Waals surface area contributed by atoms with Crippen LogP contribution in [-0.2, 0) is 4.74 Å². The van der Waals surface area contributed by atoms with Crippen LogP contribution in [0.2, 0.25) is 0 Å². The Kier molecular flexibility index (Phi) is 14.4.